The number of halogens is 2. The number of nitro groups is 1. The molecule has 44 heavy (non-hydrogen) atoms. The Morgan fingerprint density at radius 1 is 0.977 bits per heavy atom. The highest BCUT2D eigenvalue weighted by atomic mass is 35.5. The van der Waals surface area contributed by atoms with E-state index < -0.39 is 4.92 Å². The normalized spacial score (nSPS) is 15.0. The summed E-state index contributed by atoms with van der Waals surface area (Å²) in [5.41, 5.74) is 4.10. The minimum atomic E-state index is -0.459. The number of aromatic amines is 1. The molecule has 4 aromatic carbocycles. The second-order valence-corrected chi connectivity index (χ2v) is 11.8. The van der Waals surface area contributed by atoms with Crippen molar-refractivity contribution in [3.8, 4) is 5.75 Å². The highest BCUT2D eigenvalue weighted by molar-refractivity contribution is 8.18. The number of aliphatic imine (C=N–C) groups is 1. The summed E-state index contributed by atoms with van der Waals surface area (Å²) in [5, 5.41) is 13.8. The first-order chi connectivity index (χ1) is 21.4. The van der Waals surface area contributed by atoms with Crippen LogP contribution in [0.1, 0.15) is 16.7 Å². The maximum atomic E-state index is 13.8. The summed E-state index contributed by atoms with van der Waals surface area (Å²) in [4.78, 5) is 34.6. The van der Waals surface area contributed by atoms with E-state index in [0.29, 0.717) is 44.5 Å². The van der Waals surface area contributed by atoms with Crippen LogP contribution in [-0.4, -0.2) is 32.4 Å². The zero-order valence-corrected chi connectivity index (χ0v) is 25.4. The summed E-state index contributed by atoms with van der Waals surface area (Å²) in [5.74, 6) is 0.400. The lowest BCUT2D eigenvalue weighted by atomic mass is 10.1. The van der Waals surface area contributed by atoms with E-state index in [1.54, 1.807) is 35.2 Å². The van der Waals surface area contributed by atoms with Crippen LogP contribution >= 0.6 is 35.0 Å². The van der Waals surface area contributed by atoms with Crippen molar-refractivity contribution >= 4 is 74.4 Å². The molecule has 220 valence electrons. The molecule has 2 heterocycles. The van der Waals surface area contributed by atoms with Gasteiger partial charge in [0.05, 0.1) is 15.5 Å². The number of carbonyl (C=O) groups is 1. The quantitative estimate of drug-likeness (QED) is 0.0983. The molecule has 1 amide bonds. The van der Waals surface area contributed by atoms with Gasteiger partial charge in [-0.15, -0.1) is 0 Å². The van der Waals surface area contributed by atoms with Gasteiger partial charge in [-0.05, 0) is 66.2 Å². The van der Waals surface area contributed by atoms with Crippen LogP contribution in [0.25, 0.3) is 17.0 Å². The smallest absolute Gasteiger partial charge is 0.269 e. The van der Waals surface area contributed by atoms with E-state index in [-0.39, 0.29) is 18.2 Å². The topological polar surface area (TPSA) is 101 Å². The Kier molecular flexibility index (Phi) is 8.70. The molecule has 0 radical (unpaired) electrons. The number of rotatable bonds is 9. The molecule has 0 atom stereocenters. The molecule has 11 heteroatoms. The number of ether oxygens (including phenoxy) is 1. The van der Waals surface area contributed by atoms with Gasteiger partial charge in [-0.3, -0.25) is 19.8 Å². The highest BCUT2D eigenvalue weighted by Gasteiger charge is 2.33. The molecule has 0 saturated carbocycles. The molecular weight excluding hydrogens is 619 g/mol. The number of fused-ring (bicyclic) bond motifs is 1. The Labute approximate surface area is 267 Å². The van der Waals surface area contributed by atoms with Crippen LogP contribution in [0.4, 0.5) is 11.4 Å². The Morgan fingerprint density at radius 2 is 1.75 bits per heavy atom. The first-order valence-electron chi connectivity index (χ1n) is 13.6. The first-order valence-corrected chi connectivity index (χ1v) is 15.2. The number of hydrogen-bond acceptors (Lipinski definition) is 6. The molecule has 1 N–H and O–H groups in total. The van der Waals surface area contributed by atoms with Crippen molar-refractivity contribution in [2.24, 2.45) is 4.99 Å². The largest absolute Gasteiger partial charge is 0.488 e. The molecule has 0 bridgehead atoms. The van der Waals surface area contributed by atoms with Gasteiger partial charge < -0.3 is 9.72 Å². The van der Waals surface area contributed by atoms with Crippen molar-refractivity contribution in [3.63, 3.8) is 0 Å². The molecule has 6 rings (SSSR count). The SMILES string of the molecule is O=C1/C(=C/c2ccccc2OCc2ccc(Cl)cc2Cl)SC(=Nc2ccc([N+](=O)[O-])cc2)N1CCc1c[nH]c2ccccc12. The zero-order valence-electron chi connectivity index (χ0n) is 23.1. The third-order valence-electron chi connectivity index (χ3n) is 7.06. The molecule has 1 saturated heterocycles. The van der Waals surface area contributed by atoms with Crippen molar-refractivity contribution in [1.29, 1.82) is 0 Å². The summed E-state index contributed by atoms with van der Waals surface area (Å²) < 4.78 is 6.11. The van der Waals surface area contributed by atoms with Crippen LogP contribution in [-0.2, 0) is 17.8 Å². The summed E-state index contributed by atoms with van der Waals surface area (Å²) in [6, 6.07) is 26.6. The van der Waals surface area contributed by atoms with Gasteiger partial charge in [-0.25, -0.2) is 4.99 Å². The molecule has 0 aliphatic carbocycles. The van der Waals surface area contributed by atoms with E-state index in [1.807, 2.05) is 60.8 Å². The van der Waals surface area contributed by atoms with Crippen LogP contribution in [0.2, 0.25) is 10.0 Å². The Morgan fingerprint density at radius 3 is 2.55 bits per heavy atom. The maximum Gasteiger partial charge on any atom is 0.269 e. The molecule has 5 aromatic rings. The van der Waals surface area contributed by atoms with Gasteiger partial charge in [0.1, 0.15) is 12.4 Å². The number of thioether (sulfide) groups is 1. The summed E-state index contributed by atoms with van der Waals surface area (Å²) in [6.07, 6.45) is 4.36. The van der Waals surface area contributed by atoms with Crippen LogP contribution in [0.5, 0.6) is 5.75 Å². The molecule has 0 spiro atoms. The number of benzene rings is 4. The van der Waals surface area contributed by atoms with Gasteiger partial charge in [0.2, 0.25) is 0 Å². The van der Waals surface area contributed by atoms with Gasteiger partial charge >= 0.3 is 0 Å². The van der Waals surface area contributed by atoms with Crippen molar-refractivity contribution in [1.82, 2.24) is 9.88 Å². The lowest BCUT2D eigenvalue weighted by molar-refractivity contribution is -0.384. The van der Waals surface area contributed by atoms with Gasteiger partial charge in [0.25, 0.3) is 11.6 Å². The van der Waals surface area contributed by atoms with Crippen molar-refractivity contribution in [2.45, 2.75) is 13.0 Å². The molecule has 0 unspecified atom stereocenters. The molecule has 1 aliphatic heterocycles. The number of carbonyl (C=O) groups excluding carboxylic acids is 1. The number of H-pyrrole nitrogens is 1. The standard InChI is InChI=1S/C33H24Cl2N4O4S/c34-24-10-9-23(28(35)18-24)20-43-30-8-4-1-5-21(30)17-31-32(40)38(16-15-22-19-36-29-7-3-2-6-27(22)29)33(44-31)37-25-11-13-26(14-12-25)39(41)42/h1-14,17-19,36H,15-16,20H2/b31-17-,37-33?. The fraction of sp³-hybridized carbons (Fsp3) is 0.0909. The van der Waals surface area contributed by atoms with Crippen molar-refractivity contribution < 1.29 is 14.5 Å². The third-order valence-corrected chi connectivity index (χ3v) is 8.65. The van der Waals surface area contributed by atoms with Crippen LogP contribution in [0.15, 0.2) is 107 Å². The summed E-state index contributed by atoms with van der Waals surface area (Å²) in [7, 11) is 0. The fourth-order valence-electron chi connectivity index (χ4n) is 4.79. The lowest BCUT2D eigenvalue weighted by Crippen LogP contribution is -2.31. The number of nitrogens with zero attached hydrogens (tertiary/aromatic N) is 3. The molecule has 1 fully saturated rings. The first kappa shape index (κ1) is 29.5. The third kappa shape index (κ3) is 6.50. The number of nitrogens with one attached hydrogen (secondary N) is 1. The predicted molar refractivity (Wildman–Crippen MR) is 177 cm³/mol. The monoisotopic (exact) mass is 642 g/mol. The van der Waals surface area contributed by atoms with E-state index in [9.17, 15) is 14.9 Å². The number of aromatic nitrogens is 1. The highest BCUT2D eigenvalue weighted by Crippen LogP contribution is 2.36. The number of hydrogen-bond donors (Lipinski definition) is 1. The fourth-order valence-corrected chi connectivity index (χ4v) is 6.26. The number of para-hydroxylation sites is 2. The molecule has 1 aliphatic rings. The van der Waals surface area contributed by atoms with Crippen molar-refractivity contribution in [2.75, 3.05) is 6.54 Å². The van der Waals surface area contributed by atoms with E-state index in [2.05, 4.69) is 4.98 Å². The Balaban J connectivity index is 1.29. The van der Waals surface area contributed by atoms with Gasteiger partial charge in [0.15, 0.2) is 5.17 Å². The molecule has 1 aromatic heterocycles. The zero-order chi connectivity index (χ0) is 30.6. The minimum absolute atomic E-state index is 0.0302. The van der Waals surface area contributed by atoms with Crippen LogP contribution in [0.3, 0.4) is 0 Å². The number of non-ortho nitro benzene ring substituents is 1. The van der Waals surface area contributed by atoms with E-state index in [1.165, 1.54) is 23.9 Å². The average molecular weight is 644 g/mol. The van der Waals surface area contributed by atoms with Gasteiger partial charge in [-0.1, -0.05) is 65.7 Å². The summed E-state index contributed by atoms with van der Waals surface area (Å²) in [6.45, 7) is 0.616. The van der Waals surface area contributed by atoms with Crippen molar-refractivity contribution in [3.05, 3.63) is 139 Å². The molecule has 8 nitrogen and oxygen atoms in total. The number of nitro benzene ring substituents is 1. The van der Waals surface area contributed by atoms with E-state index in [4.69, 9.17) is 32.9 Å². The average Bonchev–Trinajstić information content (AvgIpc) is 3.56. The van der Waals surface area contributed by atoms with Crippen LogP contribution < -0.4 is 4.74 Å². The minimum Gasteiger partial charge on any atom is -0.488 e. The number of amidine groups is 1. The predicted octanol–water partition coefficient (Wildman–Crippen LogP) is 8.81. The van der Waals surface area contributed by atoms with Crippen LogP contribution in [0, 0.1) is 10.1 Å². The van der Waals surface area contributed by atoms with Gasteiger partial charge in [-0.2, -0.15) is 0 Å². The molecular formula is C33H24Cl2N4O4S. The Bertz CT molecular complexity index is 1940. The second-order valence-electron chi connectivity index (χ2n) is 9.91. The number of amides is 1. The van der Waals surface area contributed by atoms with E-state index >= 15 is 0 Å². The summed E-state index contributed by atoms with van der Waals surface area (Å²) >= 11 is 13.6. The lowest BCUT2D eigenvalue weighted by Gasteiger charge is -2.15. The second kappa shape index (κ2) is 13.0. The maximum absolute atomic E-state index is 13.8. The van der Waals surface area contributed by atoms with Gasteiger partial charge in [0, 0.05) is 56.9 Å². The Hall–Kier alpha value is -4.57. The van der Waals surface area contributed by atoms with E-state index in [0.717, 1.165) is 27.6 Å².